The number of nitrogens with zero attached hydrogens (tertiary/aromatic N) is 2. The maximum absolute atomic E-state index is 13.2. The third kappa shape index (κ3) is 4.30. The normalized spacial score (nSPS) is 16.5. The fourth-order valence-corrected chi connectivity index (χ4v) is 4.53. The Hall–Kier alpha value is -2.86. The van der Waals surface area contributed by atoms with Crippen LogP contribution in [-0.4, -0.2) is 41.3 Å². The molecule has 1 aliphatic carbocycles. The summed E-state index contributed by atoms with van der Waals surface area (Å²) in [5.41, 5.74) is 4.37. The molecule has 2 aromatic rings. The highest BCUT2D eigenvalue weighted by molar-refractivity contribution is 6.33. The summed E-state index contributed by atoms with van der Waals surface area (Å²) in [6.07, 6.45) is 10.1. The van der Waals surface area contributed by atoms with Gasteiger partial charge >= 0.3 is 0 Å². The van der Waals surface area contributed by atoms with Crippen molar-refractivity contribution >= 4 is 23.2 Å². The van der Waals surface area contributed by atoms with Crippen molar-refractivity contribution in [1.29, 1.82) is 5.41 Å². The number of pyridine rings is 1. The molecule has 2 aliphatic rings. The van der Waals surface area contributed by atoms with Crippen molar-refractivity contribution in [2.75, 3.05) is 13.8 Å². The van der Waals surface area contributed by atoms with Crippen molar-refractivity contribution in [3.8, 4) is 5.75 Å². The van der Waals surface area contributed by atoms with Crippen LogP contribution in [-0.2, 0) is 6.42 Å². The Balaban J connectivity index is 1.58. The average molecular weight is 439 g/mol. The number of hydrogen-bond donors (Lipinski definition) is 2. The molecule has 2 heterocycles. The molecule has 1 aromatic carbocycles. The predicted octanol–water partition coefficient (Wildman–Crippen LogP) is 4.47. The molecule has 0 bridgehead atoms. The van der Waals surface area contributed by atoms with E-state index in [9.17, 15) is 4.79 Å². The van der Waals surface area contributed by atoms with Crippen LogP contribution in [0.15, 0.2) is 36.7 Å². The van der Waals surface area contributed by atoms with Gasteiger partial charge in [0.2, 0.25) is 0 Å². The largest absolute Gasteiger partial charge is 0.471 e. The Morgan fingerprint density at radius 1 is 1.39 bits per heavy atom. The van der Waals surface area contributed by atoms with E-state index >= 15 is 0 Å². The van der Waals surface area contributed by atoms with E-state index in [1.807, 2.05) is 30.0 Å². The van der Waals surface area contributed by atoms with Gasteiger partial charge in [-0.15, -0.1) is 0 Å². The summed E-state index contributed by atoms with van der Waals surface area (Å²) >= 11 is 6.62. The Morgan fingerprint density at radius 3 is 2.84 bits per heavy atom. The van der Waals surface area contributed by atoms with Gasteiger partial charge in [-0.2, -0.15) is 0 Å². The van der Waals surface area contributed by atoms with E-state index in [0.717, 1.165) is 42.4 Å². The van der Waals surface area contributed by atoms with Crippen LogP contribution in [0.25, 0.3) is 0 Å². The van der Waals surface area contributed by atoms with E-state index in [0.29, 0.717) is 34.2 Å². The third-order valence-corrected chi connectivity index (χ3v) is 6.55. The van der Waals surface area contributed by atoms with Crippen LogP contribution in [0.4, 0.5) is 0 Å². The van der Waals surface area contributed by atoms with Gasteiger partial charge in [0.1, 0.15) is 0 Å². The molecule has 1 fully saturated rings. The molecule has 1 amide bonds. The number of allylic oxidation sites excluding steroid dienone is 1. The Kier molecular flexibility index (Phi) is 6.28. The highest BCUT2D eigenvalue weighted by atomic mass is 35.5. The SMILES string of the molecule is CN/C=C\C(=N)c1ccc(Cc2cc3c(c(Cl)c2C)OCN(C2CCCC2)C3=O)cn1. The third-order valence-electron chi connectivity index (χ3n) is 6.09. The summed E-state index contributed by atoms with van der Waals surface area (Å²) in [5, 5.41) is 11.4. The van der Waals surface area contributed by atoms with E-state index < -0.39 is 0 Å². The number of carbonyl (C=O) groups is 1. The second-order valence-corrected chi connectivity index (χ2v) is 8.48. The number of amides is 1. The summed E-state index contributed by atoms with van der Waals surface area (Å²) < 4.78 is 5.94. The molecule has 4 rings (SSSR count). The number of rotatable bonds is 6. The molecule has 1 saturated carbocycles. The maximum atomic E-state index is 13.2. The van der Waals surface area contributed by atoms with Gasteiger partial charge < -0.3 is 15.0 Å². The lowest BCUT2D eigenvalue weighted by Gasteiger charge is -2.34. The lowest BCUT2D eigenvalue weighted by atomic mass is 9.96. The van der Waals surface area contributed by atoms with Gasteiger partial charge in [0.05, 0.1) is 22.0 Å². The Bertz CT molecular complexity index is 1030. The lowest BCUT2D eigenvalue weighted by molar-refractivity contribution is 0.0391. The van der Waals surface area contributed by atoms with Crippen molar-refractivity contribution in [3.63, 3.8) is 0 Å². The van der Waals surface area contributed by atoms with Gasteiger partial charge in [0.15, 0.2) is 12.5 Å². The molecular formula is C24H27ClN4O2. The van der Waals surface area contributed by atoms with Gasteiger partial charge in [-0.25, -0.2) is 0 Å². The van der Waals surface area contributed by atoms with Crippen molar-refractivity contribution in [2.45, 2.75) is 45.1 Å². The zero-order valence-electron chi connectivity index (χ0n) is 17.9. The smallest absolute Gasteiger partial charge is 0.260 e. The van der Waals surface area contributed by atoms with Crippen LogP contribution in [0.3, 0.4) is 0 Å². The summed E-state index contributed by atoms with van der Waals surface area (Å²) in [4.78, 5) is 19.5. The van der Waals surface area contributed by atoms with Gasteiger partial charge in [-0.05, 0) is 67.3 Å². The van der Waals surface area contributed by atoms with Crippen molar-refractivity contribution in [2.24, 2.45) is 0 Å². The summed E-state index contributed by atoms with van der Waals surface area (Å²) in [5.74, 6) is 0.509. The predicted molar refractivity (Wildman–Crippen MR) is 122 cm³/mol. The summed E-state index contributed by atoms with van der Waals surface area (Å²) in [7, 11) is 1.79. The number of nitrogens with one attached hydrogen (secondary N) is 2. The summed E-state index contributed by atoms with van der Waals surface area (Å²) in [6.45, 7) is 2.23. The monoisotopic (exact) mass is 438 g/mol. The molecule has 7 heteroatoms. The van der Waals surface area contributed by atoms with Crippen LogP contribution < -0.4 is 10.1 Å². The van der Waals surface area contributed by atoms with E-state index in [4.69, 9.17) is 21.7 Å². The zero-order chi connectivity index (χ0) is 22.0. The second-order valence-electron chi connectivity index (χ2n) is 8.10. The van der Waals surface area contributed by atoms with Crippen LogP contribution in [0.2, 0.25) is 5.02 Å². The van der Waals surface area contributed by atoms with Gasteiger partial charge in [0.25, 0.3) is 5.91 Å². The van der Waals surface area contributed by atoms with Crippen LogP contribution in [0.5, 0.6) is 5.75 Å². The quantitative estimate of drug-likeness (QED) is 0.652. The first kappa shape index (κ1) is 21.4. The minimum Gasteiger partial charge on any atom is -0.471 e. The number of aromatic nitrogens is 1. The Labute approximate surface area is 187 Å². The molecule has 1 aliphatic heterocycles. The molecule has 0 atom stereocenters. The standard InChI is InChI=1S/C24H27ClN4O2/c1-15-17(11-16-7-8-21(28-13-16)20(26)9-10-27-2)12-19-23(22(15)25)31-14-29(24(19)30)18-5-3-4-6-18/h7-10,12-13,18,26-27H,3-6,11,14H2,1-2H3/b10-9-,26-20?. The summed E-state index contributed by atoms with van der Waals surface area (Å²) in [6, 6.07) is 5.97. The first-order valence-corrected chi connectivity index (χ1v) is 11.0. The number of benzene rings is 1. The van der Waals surface area contributed by atoms with E-state index in [1.54, 1.807) is 25.5 Å². The molecule has 31 heavy (non-hydrogen) atoms. The lowest BCUT2D eigenvalue weighted by Crippen LogP contribution is -2.44. The van der Waals surface area contributed by atoms with Crippen molar-refractivity contribution in [3.05, 3.63) is 69.6 Å². The van der Waals surface area contributed by atoms with E-state index in [2.05, 4.69) is 10.3 Å². The molecule has 162 valence electrons. The highest BCUT2D eigenvalue weighted by Crippen LogP contribution is 2.39. The molecular weight excluding hydrogens is 412 g/mol. The van der Waals surface area contributed by atoms with Crippen molar-refractivity contribution < 1.29 is 9.53 Å². The molecule has 0 radical (unpaired) electrons. The zero-order valence-corrected chi connectivity index (χ0v) is 18.6. The number of halogens is 1. The molecule has 2 N–H and O–H groups in total. The van der Waals surface area contributed by atoms with Gasteiger partial charge in [-0.1, -0.05) is 30.5 Å². The van der Waals surface area contributed by atoms with Crippen molar-refractivity contribution in [1.82, 2.24) is 15.2 Å². The number of carbonyl (C=O) groups excluding carboxylic acids is 1. The van der Waals surface area contributed by atoms with E-state index in [-0.39, 0.29) is 18.7 Å². The number of fused-ring (bicyclic) bond motifs is 1. The molecule has 0 saturated heterocycles. The highest BCUT2D eigenvalue weighted by Gasteiger charge is 2.34. The average Bonchev–Trinajstić information content (AvgIpc) is 3.31. The Morgan fingerprint density at radius 2 is 2.16 bits per heavy atom. The second kappa shape index (κ2) is 9.10. The van der Waals surface area contributed by atoms with Gasteiger partial charge in [0, 0.05) is 19.3 Å². The molecule has 1 aromatic heterocycles. The van der Waals surface area contributed by atoms with Crippen LogP contribution in [0.1, 0.15) is 58.4 Å². The molecule has 0 spiro atoms. The van der Waals surface area contributed by atoms with Crippen LogP contribution in [0, 0.1) is 12.3 Å². The van der Waals surface area contributed by atoms with E-state index in [1.165, 1.54) is 0 Å². The topological polar surface area (TPSA) is 78.3 Å². The van der Waals surface area contributed by atoms with Gasteiger partial charge in [-0.3, -0.25) is 15.2 Å². The molecule has 0 unspecified atom stereocenters. The first-order valence-electron chi connectivity index (χ1n) is 10.6. The molecule has 6 nitrogen and oxygen atoms in total. The number of ether oxygens (including phenoxy) is 1. The number of hydrogen-bond acceptors (Lipinski definition) is 5. The van der Waals surface area contributed by atoms with Crippen LogP contribution >= 0.6 is 11.6 Å². The first-order chi connectivity index (χ1) is 15.0. The minimum atomic E-state index is 0.00883. The fourth-order valence-electron chi connectivity index (χ4n) is 4.26. The fraction of sp³-hybridized carbons (Fsp3) is 0.375. The minimum absolute atomic E-state index is 0.00883. The maximum Gasteiger partial charge on any atom is 0.260 e.